The summed E-state index contributed by atoms with van der Waals surface area (Å²) in [5, 5.41) is 0. The van der Waals surface area contributed by atoms with Gasteiger partial charge in [-0.3, -0.25) is 9.69 Å². The second-order valence-corrected chi connectivity index (χ2v) is 8.45. The maximum Gasteiger partial charge on any atom is 0.460 e. The molecule has 0 spiro atoms. The molecule has 1 aliphatic rings. The van der Waals surface area contributed by atoms with Crippen LogP contribution in [0.3, 0.4) is 0 Å². The summed E-state index contributed by atoms with van der Waals surface area (Å²) in [4.78, 5) is 13.5. The molecule has 34 heavy (non-hydrogen) atoms. The van der Waals surface area contributed by atoms with E-state index >= 15 is 0 Å². The van der Waals surface area contributed by atoms with Gasteiger partial charge in [0, 0.05) is 26.1 Å². The van der Waals surface area contributed by atoms with Crippen LogP contribution in [0.1, 0.15) is 64.7 Å². The largest absolute Gasteiger partial charge is 0.461 e. The normalized spacial score (nSPS) is 17.6. The Labute approximate surface area is 193 Å². The summed E-state index contributed by atoms with van der Waals surface area (Å²) in [5.41, 5.74) is 0. The first-order valence-electron chi connectivity index (χ1n) is 11.4. The van der Waals surface area contributed by atoms with Gasteiger partial charge in [-0.1, -0.05) is 45.4 Å². The highest BCUT2D eigenvalue weighted by atomic mass is 19.4. The molecular weight excluding hydrogens is 485 g/mol. The molecule has 0 aliphatic carbocycles. The smallest absolute Gasteiger partial charge is 0.460 e. The SMILES string of the molecule is CCCCCCCCCC(=O)OC(CN1CCOCC1)CC(F)(F)C(F)(F)C(F)(F)C(F)(F)F. The molecule has 0 aromatic heterocycles. The van der Waals surface area contributed by atoms with Crippen LogP contribution in [0.5, 0.6) is 0 Å². The highest BCUT2D eigenvalue weighted by Crippen LogP contribution is 2.54. The first-order valence-corrected chi connectivity index (χ1v) is 11.4. The van der Waals surface area contributed by atoms with E-state index < -0.39 is 49.0 Å². The van der Waals surface area contributed by atoms with Gasteiger partial charge in [0.15, 0.2) is 0 Å². The van der Waals surface area contributed by atoms with Crippen molar-refractivity contribution in [3.8, 4) is 0 Å². The van der Waals surface area contributed by atoms with E-state index in [1.807, 2.05) is 6.92 Å². The van der Waals surface area contributed by atoms with E-state index in [1.165, 1.54) is 4.90 Å². The fourth-order valence-corrected chi connectivity index (χ4v) is 3.51. The molecule has 0 N–H and O–H groups in total. The summed E-state index contributed by atoms with van der Waals surface area (Å²) < 4.78 is 129. The standard InChI is InChI=1S/C21H32F9NO3/c1-2-3-4-5-6-7-8-9-17(32)34-16(15-31-10-12-33-13-11-31)14-18(22,23)19(24,25)20(26,27)21(28,29)30/h16H,2-15H2,1H3. The number of morpholine rings is 1. The van der Waals surface area contributed by atoms with Gasteiger partial charge in [0.2, 0.25) is 0 Å². The molecule has 1 aliphatic heterocycles. The zero-order valence-electron chi connectivity index (χ0n) is 19.1. The Bertz CT molecular complexity index is 609. The molecule has 0 aromatic rings. The molecule has 202 valence electrons. The Morgan fingerprint density at radius 2 is 1.38 bits per heavy atom. The van der Waals surface area contributed by atoms with Crippen molar-refractivity contribution in [2.75, 3.05) is 32.8 Å². The van der Waals surface area contributed by atoms with Crippen LogP contribution in [-0.2, 0) is 14.3 Å². The quantitative estimate of drug-likeness (QED) is 0.147. The first kappa shape index (κ1) is 30.8. The lowest BCUT2D eigenvalue weighted by molar-refractivity contribution is -0.398. The second-order valence-electron chi connectivity index (χ2n) is 8.45. The summed E-state index contributed by atoms with van der Waals surface area (Å²) in [7, 11) is 0. The van der Waals surface area contributed by atoms with Gasteiger partial charge in [0.05, 0.1) is 19.6 Å². The average molecular weight is 517 g/mol. The third-order valence-electron chi connectivity index (χ3n) is 5.54. The number of unbranched alkanes of at least 4 members (excludes halogenated alkanes) is 6. The molecule has 13 heteroatoms. The molecule has 1 rings (SSSR count). The molecule has 1 unspecified atom stereocenters. The van der Waals surface area contributed by atoms with E-state index in [0.717, 1.165) is 32.1 Å². The predicted molar refractivity (Wildman–Crippen MR) is 105 cm³/mol. The minimum Gasteiger partial charge on any atom is -0.461 e. The molecular formula is C21H32F9NO3. The van der Waals surface area contributed by atoms with Crippen LogP contribution in [0, 0.1) is 0 Å². The van der Waals surface area contributed by atoms with Gasteiger partial charge in [-0.05, 0) is 6.42 Å². The average Bonchev–Trinajstić information content (AvgIpc) is 2.72. The zero-order chi connectivity index (χ0) is 26.0. The molecule has 0 saturated carbocycles. The lowest BCUT2D eigenvalue weighted by Crippen LogP contribution is -2.62. The van der Waals surface area contributed by atoms with Crippen LogP contribution < -0.4 is 0 Å². The van der Waals surface area contributed by atoms with Gasteiger partial charge in [-0.25, -0.2) is 0 Å². The zero-order valence-corrected chi connectivity index (χ0v) is 19.1. The molecule has 1 atom stereocenters. The Morgan fingerprint density at radius 3 is 1.91 bits per heavy atom. The number of hydrogen-bond donors (Lipinski definition) is 0. The van der Waals surface area contributed by atoms with Crippen molar-refractivity contribution in [1.29, 1.82) is 0 Å². The molecule has 0 bridgehead atoms. The maximum absolute atomic E-state index is 14.2. The van der Waals surface area contributed by atoms with Crippen LogP contribution in [0.4, 0.5) is 39.5 Å². The van der Waals surface area contributed by atoms with Crippen LogP contribution >= 0.6 is 0 Å². The Hall–Kier alpha value is -1.24. The van der Waals surface area contributed by atoms with E-state index in [9.17, 15) is 44.3 Å². The number of ether oxygens (including phenoxy) is 2. The number of nitrogens with zero attached hydrogens (tertiary/aromatic N) is 1. The van der Waals surface area contributed by atoms with Gasteiger partial charge in [0.1, 0.15) is 6.10 Å². The molecule has 1 heterocycles. The number of esters is 1. The maximum atomic E-state index is 14.2. The van der Waals surface area contributed by atoms with Crippen molar-refractivity contribution in [3.63, 3.8) is 0 Å². The summed E-state index contributed by atoms with van der Waals surface area (Å²) in [6, 6.07) is 0. The van der Waals surface area contributed by atoms with Crippen LogP contribution in [0.15, 0.2) is 0 Å². The summed E-state index contributed by atoms with van der Waals surface area (Å²) in [6.07, 6.45) is -5.43. The highest BCUT2D eigenvalue weighted by molar-refractivity contribution is 5.69. The van der Waals surface area contributed by atoms with E-state index in [0.29, 0.717) is 12.8 Å². The van der Waals surface area contributed by atoms with Gasteiger partial charge in [-0.15, -0.1) is 0 Å². The topological polar surface area (TPSA) is 38.8 Å². The molecule has 0 radical (unpaired) electrons. The van der Waals surface area contributed by atoms with E-state index in [2.05, 4.69) is 0 Å². The van der Waals surface area contributed by atoms with Crippen molar-refractivity contribution in [1.82, 2.24) is 4.90 Å². The van der Waals surface area contributed by atoms with Crippen molar-refractivity contribution < 1.29 is 53.8 Å². The molecule has 0 amide bonds. The molecule has 1 saturated heterocycles. The highest BCUT2D eigenvalue weighted by Gasteiger charge is 2.81. The number of carbonyl (C=O) groups excluding carboxylic acids is 1. The van der Waals surface area contributed by atoms with Crippen molar-refractivity contribution in [3.05, 3.63) is 0 Å². The van der Waals surface area contributed by atoms with E-state index in [1.54, 1.807) is 0 Å². The monoisotopic (exact) mass is 517 g/mol. The lowest BCUT2D eigenvalue weighted by Gasteiger charge is -2.36. The fourth-order valence-electron chi connectivity index (χ4n) is 3.51. The number of hydrogen-bond acceptors (Lipinski definition) is 4. The van der Waals surface area contributed by atoms with Gasteiger partial charge >= 0.3 is 29.9 Å². The lowest BCUT2D eigenvalue weighted by atomic mass is 9.98. The Morgan fingerprint density at radius 1 is 0.853 bits per heavy atom. The third-order valence-corrected chi connectivity index (χ3v) is 5.54. The molecule has 4 nitrogen and oxygen atoms in total. The number of alkyl halides is 9. The van der Waals surface area contributed by atoms with E-state index in [-0.39, 0.29) is 32.7 Å². The third kappa shape index (κ3) is 8.76. The Kier molecular flexibility index (Phi) is 11.9. The van der Waals surface area contributed by atoms with Crippen molar-refractivity contribution >= 4 is 5.97 Å². The number of rotatable bonds is 15. The van der Waals surface area contributed by atoms with Crippen LogP contribution in [0.25, 0.3) is 0 Å². The van der Waals surface area contributed by atoms with Gasteiger partial charge < -0.3 is 9.47 Å². The van der Waals surface area contributed by atoms with Gasteiger partial charge in [0.25, 0.3) is 0 Å². The number of carbonyl (C=O) groups is 1. The van der Waals surface area contributed by atoms with Crippen molar-refractivity contribution in [2.24, 2.45) is 0 Å². The second kappa shape index (κ2) is 13.2. The van der Waals surface area contributed by atoms with E-state index in [4.69, 9.17) is 9.47 Å². The summed E-state index contributed by atoms with van der Waals surface area (Å²) >= 11 is 0. The predicted octanol–water partition coefficient (Wildman–Crippen LogP) is 6.23. The minimum atomic E-state index is -6.98. The summed E-state index contributed by atoms with van der Waals surface area (Å²) in [6.45, 7) is 2.16. The fraction of sp³-hybridized carbons (Fsp3) is 0.952. The van der Waals surface area contributed by atoms with Crippen LogP contribution in [-0.4, -0.2) is 73.8 Å². The summed E-state index contributed by atoms with van der Waals surface area (Å²) in [5.74, 6) is -20.5. The van der Waals surface area contributed by atoms with Crippen LogP contribution in [0.2, 0.25) is 0 Å². The van der Waals surface area contributed by atoms with Crippen molar-refractivity contribution in [2.45, 2.75) is 94.8 Å². The molecule has 0 aromatic carbocycles. The molecule has 1 fully saturated rings. The minimum absolute atomic E-state index is 0.159. The van der Waals surface area contributed by atoms with Gasteiger partial charge in [-0.2, -0.15) is 39.5 Å². The first-order chi connectivity index (χ1) is 15.7. The Balaban J connectivity index is 2.82. The number of halogens is 9.